The molecule has 3 aliphatic rings. The van der Waals surface area contributed by atoms with Gasteiger partial charge >= 0.3 is 6.09 Å². The van der Waals surface area contributed by atoms with E-state index >= 15 is 0 Å². The van der Waals surface area contributed by atoms with Crippen molar-refractivity contribution in [2.24, 2.45) is 5.92 Å². The smallest absolute Gasteiger partial charge is 0.425 e. The lowest BCUT2D eigenvalue weighted by atomic mass is 10.1. The van der Waals surface area contributed by atoms with E-state index in [1.807, 2.05) is 0 Å². The minimum absolute atomic E-state index is 0.179. The van der Waals surface area contributed by atoms with Crippen molar-refractivity contribution in [1.82, 2.24) is 10.4 Å². The second-order valence-corrected chi connectivity index (χ2v) is 3.48. The summed E-state index contributed by atoms with van der Waals surface area (Å²) in [6, 6.07) is 0.350. The highest BCUT2D eigenvalue weighted by Crippen LogP contribution is 2.39. The first-order valence-corrected chi connectivity index (χ1v) is 4.09. The molecule has 2 heterocycles. The van der Waals surface area contributed by atoms with Crippen LogP contribution >= 0.6 is 0 Å². The van der Waals surface area contributed by atoms with Crippen molar-refractivity contribution in [1.29, 1.82) is 0 Å². The molecule has 2 saturated heterocycles. The Morgan fingerprint density at radius 1 is 1.55 bits per heavy atom. The van der Waals surface area contributed by atoms with Crippen molar-refractivity contribution in [3.05, 3.63) is 0 Å². The topological polar surface area (TPSA) is 41.6 Å². The fraction of sp³-hybridized carbons (Fsp3) is 0.857. The molecule has 0 radical (unpaired) electrons. The average Bonchev–Trinajstić information content (AvgIpc) is 2.53. The minimum atomic E-state index is -0.179. The number of carbonyl (C=O) groups is 1. The first-order valence-electron chi connectivity index (χ1n) is 4.09. The maximum Gasteiger partial charge on any atom is 0.425 e. The molecule has 3 rings (SSSR count). The summed E-state index contributed by atoms with van der Waals surface area (Å²) in [6.45, 7) is 0.955. The molecule has 3 unspecified atom stereocenters. The van der Waals surface area contributed by atoms with Crippen LogP contribution in [0.15, 0.2) is 0 Å². The summed E-state index contributed by atoms with van der Waals surface area (Å²) >= 11 is 0. The van der Waals surface area contributed by atoms with Crippen molar-refractivity contribution in [2.45, 2.75) is 25.0 Å². The van der Waals surface area contributed by atoms with Crippen LogP contribution in [0.2, 0.25) is 0 Å². The van der Waals surface area contributed by atoms with Crippen LogP contribution in [0.3, 0.4) is 0 Å². The Kier molecular flexibility index (Phi) is 0.896. The molecular formula is C7H10N2O2. The van der Waals surface area contributed by atoms with Crippen LogP contribution in [0.1, 0.15) is 12.8 Å². The van der Waals surface area contributed by atoms with Crippen LogP contribution in [0, 0.1) is 5.92 Å². The van der Waals surface area contributed by atoms with Gasteiger partial charge in [-0.25, -0.2) is 15.2 Å². The third kappa shape index (κ3) is 0.565. The lowest BCUT2D eigenvalue weighted by molar-refractivity contribution is 0.126. The molecule has 0 bridgehead atoms. The number of carbonyl (C=O) groups excluding carboxylic acids is 1. The van der Waals surface area contributed by atoms with Crippen LogP contribution in [0.4, 0.5) is 4.79 Å². The van der Waals surface area contributed by atoms with E-state index in [4.69, 9.17) is 4.74 Å². The highest BCUT2D eigenvalue weighted by Gasteiger charge is 2.53. The lowest BCUT2D eigenvalue weighted by Gasteiger charge is -2.11. The Balaban J connectivity index is 1.99. The maximum absolute atomic E-state index is 11.1. The van der Waals surface area contributed by atoms with Gasteiger partial charge in [0.25, 0.3) is 0 Å². The van der Waals surface area contributed by atoms with Gasteiger partial charge in [0.2, 0.25) is 0 Å². The van der Waals surface area contributed by atoms with E-state index in [2.05, 4.69) is 5.43 Å². The maximum atomic E-state index is 11.1. The molecular weight excluding hydrogens is 144 g/mol. The van der Waals surface area contributed by atoms with Crippen LogP contribution < -0.4 is 5.43 Å². The quantitative estimate of drug-likeness (QED) is 0.538. The van der Waals surface area contributed by atoms with Crippen molar-refractivity contribution < 1.29 is 9.53 Å². The Morgan fingerprint density at radius 2 is 2.45 bits per heavy atom. The van der Waals surface area contributed by atoms with Gasteiger partial charge in [-0.2, -0.15) is 0 Å². The van der Waals surface area contributed by atoms with E-state index in [1.165, 1.54) is 6.42 Å². The number of ether oxygens (including phenoxy) is 1. The van der Waals surface area contributed by atoms with Gasteiger partial charge < -0.3 is 4.74 Å². The average molecular weight is 154 g/mol. The molecule has 3 fully saturated rings. The Morgan fingerprint density at radius 3 is 3.36 bits per heavy atom. The number of hydrazine groups is 1. The minimum Gasteiger partial charge on any atom is -0.443 e. The number of amides is 1. The van der Waals surface area contributed by atoms with E-state index in [1.54, 1.807) is 5.01 Å². The molecule has 1 aliphatic carbocycles. The summed E-state index contributed by atoms with van der Waals surface area (Å²) in [6.07, 6.45) is 2.26. The number of hydrogen-bond donors (Lipinski definition) is 1. The van der Waals surface area contributed by atoms with E-state index in [-0.39, 0.29) is 12.2 Å². The molecule has 0 spiro atoms. The van der Waals surface area contributed by atoms with Crippen molar-refractivity contribution in [3.63, 3.8) is 0 Å². The second kappa shape index (κ2) is 1.69. The summed E-state index contributed by atoms with van der Waals surface area (Å²) in [7, 11) is 0. The summed E-state index contributed by atoms with van der Waals surface area (Å²) < 4.78 is 5.14. The summed E-state index contributed by atoms with van der Waals surface area (Å²) in [5.41, 5.74) is 3.06. The molecule has 60 valence electrons. The van der Waals surface area contributed by atoms with Crippen molar-refractivity contribution in [2.75, 3.05) is 6.54 Å². The van der Waals surface area contributed by atoms with Crippen molar-refractivity contribution in [3.8, 4) is 0 Å². The highest BCUT2D eigenvalue weighted by molar-refractivity contribution is 5.70. The number of rotatable bonds is 0. The van der Waals surface area contributed by atoms with E-state index in [0.29, 0.717) is 12.0 Å². The zero-order valence-electron chi connectivity index (χ0n) is 6.12. The molecule has 4 nitrogen and oxygen atoms in total. The Bertz CT molecular complexity index is 218. The molecule has 0 aromatic rings. The predicted octanol–water partition coefficient (Wildman–Crippen LogP) is 0.104. The number of nitrogens with one attached hydrogen (secondary N) is 1. The molecule has 4 heteroatoms. The normalized spacial score (nSPS) is 46.4. The van der Waals surface area contributed by atoms with Crippen LogP contribution in [-0.4, -0.2) is 29.8 Å². The highest BCUT2D eigenvalue weighted by atomic mass is 16.6. The third-order valence-electron chi connectivity index (χ3n) is 2.96. The van der Waals surface area contributed by atoms with E-state index in [9.17, 15) is 4.79 Å². The van der Waals surface area contributed by atoms with Crippen LogP contribution in [0.5, 0.6) is 0 Å². The third-order valence-corrected chi connectivity index (χ3v) is 2.96. The molecule has 1 amide bonds. The van der Waals surface area contributed by atoms with Gasteiger partial charge in [-0.3, -0.25) is 0 Å². The fourth-order valence-corrected chi connectivity index (χ4v) is 2.45. The van der Waals surface area contributed by atoms with Gasteiger partial charge in [-0.05, 0) is 18.8 Å². The zero-order chi connectivity index (χ0) is 7.42. The summed E-state index contributed by atoms with van der Waals surface area (Å²) in [4.78, 5) is 11.1. The molecule has 3 atom stereocenters. The number of nitrogens with zero attached hydrogens (tertiary/aromatic N) is 1. The van der Waals surface area contributed by atoms with Crippen LogP contribution in [0.25, 0.3) is 0 Å². The molecule has 1 saturated carbocycles. The van der Waals surface area contributed by atoms with E-state index < -0.39 is 0 Å². The first kappa shape index (κ1) is 5.83. The van der Waals surface area contributed by atoms with E-state index in [0.717, 1.165) is 13.0 Å². The molecule has 0 aromatic carbocycles. The van der Waals surface area contributed by atoms with Gasteiger partial charge in [-0.1, -0.05) is 0 Å². The van der Waals surface area contributed by atoms with Gasteiger partial charge in [0.1, 0.15) is 6.10 Å². The van der Waals surface area contributed by atoms with Gasteiger partial charge in [0.05, 0.1) is 6.04 Å². The second-order valence-electron chi connectivity index (χ2n) is 3.48. The molecule has 2 aliphatic heterocycles. The Labute approximate surface area is 64.5 Å². The Hall–Kier alpha value is -0.770. The molecule has 11 heavy (non-hydrogen) atoms. The summed E-state index contributed by atoms with van der Waals surface area (Å²) in [5.74, 6) is 0.645. The lowest BCUT2D eigenvalue weighted by Crippen LogP contribution is -2.37. The SMILES string of the molecule is O=C1OC2CCC3CNN1C32. The van der Waals surface area contributed by atoms with Gasteiger partial charge in [-0.15, -0.1) is 0 Å². The number of hydrogen-bond acceptors (Lipinski definition) is 3. The van der Waals surface area contributed by atoms with Gasteiger partial charge in [0.15, 0.2) is 0 Å². The van der Waals surface area contributed by atoms with Gasteiger partial charge in [0, 0.05) is 6.54 Å². The first-order chi connectivity index (χ1) is 5.36. The summed E-state index contributed by atoms with van der Waals surface area (Å²) in [5, 5.41) is 1.67. The zero-order valence-corrected chi connectivity index (χ0v) is 6.12. The largest absolute Gasteiger partial charge is 0.443 e. The monoisotopic (exact) mass is 154 g/mol. The van der Waals surface area contributed by atoms with Crippen molar-refractivity contribution >= 4 is 6.09 Å². The van der Waals surface area contributed by atoms with Crippen LogP contribution in [-0.2, 0) is 4.74 Å². The fourth-order valence-electron chi connectivity index (χ4n) is 2.45. The molecule has 0 aromatic heterocycles. The standard InChI is InChI=1S/C7H10N2O2/c10-7-9-6-4(3-8-9)1-2-5(6)11-7/h4-6,8H,1-3H2. The predicted molar refractivity (Wildman–Crippen MR) is 36.6 cm³/mol. The molecule has 1 N–H and O–H groups in total.